The quantitative estimate of drug-likeness (QED) is 0.605. The van der Waals surface area contributed by atoms with Crippen molar-refractivity contribution in [3.05, 3.63) is 48.2 Å². The molecule has 32 heavy (non-hydrogen) atoms. The standard InChI is InChI=1S/C23H27N3O6/c1-4-11-32-17-9-8-15(12-18(17)31-3)16(13-21(28)29)24-22(30)23(2)14-20(27)25-19-7-5-6-10-26(19)23/h5-10,12,16H,4,11,13-14H2,1-3H3,(H,24,30)(H,28,29). The average Bonchev–Trinajstić information content (AvgIpc) is 2.76. The minimum Gasteiger partial charge on any atom is -0.493 e. The summed E-state index contributed by atoms with van der Waals surface area (Å²) >= 11 is 0. The molecule has 2 atom stereocenters. The Hall–Kier alpha value is -3.62. The fraction of sp³-hybridized carbons (Fsp3) is 0.391. The van der Waals surface area contributed by atoms with Crippen molar-refractivity contribution in [2.45, 2.75) is 44.7 Å². The zero-order chi connectivity index (χ0) is 23.3. The van der Waals surface area contributed by atoms with Gasteiger partial charge in [0.15, 0.2) is 11.5 Å². The first-order chi connectivity index (χ1) is 15.3. The van der Waals surface area contributed by atoms with Crippen LogP contribution in [-0.4, -0.2) is 52.9 Å². The molecule has 0 fully saturated rings. The third kappa shape index (κ3) is 4.82. The summed E-state index contributed by atoms with van der Waals surface area (Å²) in [6.45, 7) is 4.14. The number of rotatable bonds is 9. The number of methoxy groups -OCH3 is 1. The van der Waals surface area contributed by atoms with Gasteiger partial charge < -0.3 is 24.8 Å². The predicted molar refractivity (Wildman–Crippen MR) is 117 cm³/mol. The molecule has 9 heteroatoms. The first kappa shape index (κ1) is 23.1. The Morgan fingerprint density at radius 3 is 2.78 bits per heavy atom. The second-order valence-corrected chi connectivity index (χ2v) is 7.77. The third-order valence-corrected chi connectivity index (χ3v) is 5.33. The highest BCUT2D eigenvalue weighted by Crippen LogP contribution is 2.33. The van der Waals surface area contributed by atoms with E-state index in [1.165, 1.54) is 7.11 Å². The number of aliphatic imine (C=N–C) groups is 1. The van der Waals surface area contributed by atoms with Crippen LogP contribution in [-0.2, 0) is 14.4 Å². The summed E-state index contributed by atoms with van der Waals surface area (Å²) in [6, 6.07) is 4.21. The predicted octanol–water partition coefficient (Wildman–Crippen LogP) is 2.59. The Morgan fingerprint density at radius 2 is 2.09 bits per heavy atom. The number of nitrogens with one attached hydrogen (secondary N) is 1. The first-order valence-electron chi connectivity index (χ1n) is 10.4. The topological polar surface area (TPSA) is 118 Å². The van der Waals surface area contributed by atoms with Gasteiger partial charge >= 0.3 is 5.97 Å². The van der Waals surface area contributed by atoms with E-state index >= 15 is 0 Å². The normalized spacial score (nSPS) is 20.3. The average molecular weight is 441 g/mol. The van der Waals surface area contributed by atoms with Gasteiger partial charge in [0.25, 0.3) is 5.91 Å². The number of amides is 2. The zero-order valence-corrected chi connectivity index (χ0v) is 18.3. The van der Waals surface area contributed by atoms with Gasteiger partial charge in [-0.3, -0.25) is 14.4 Å². The molecule has 0 spiro atoms. The number of carboxylic acid groups (broad SMARTS) is 1. The lowest BCUT2D eigenvalue weighted by Crippen LogP contribution is -2.60. The summed E-state index contributed by atoms with van der Waals surface area (Å²) < 4.78 is 11.0. The van der Waals surface area contributed by atoms with Crippen molar-refractivity contribution in [1.29, 1.82) is 0 Å². The van der Waals surface area contributed by atoms with E-state index in [0.29, 0.717) is 29.5 Å². The van der Waals surface area contributed by atoms with E-state index < -0.39 is 29.4 Å². The maximum absolute atomic E-state index is 13.4. The van der Waals surface area contributed by atoms with Crippen LogP contribution in [0.3, 0.4) is 0 Å². The molecule has 2 aliphatic heterocycles. The van der Waals surface area contributed by atoms with E-state index in [2.05, 4.69) is 10.3 Å². The van der Waals surface area contributed by atoms with Crippen molar-refractivity contribution < 1.29 is 29.0 Å². The van der Waals surface area contributed by atoms with Crippen molar-refractivity contribution >= 4 is 23.6 Å². The highest BCUT2D eigenvalue weighted by Gasteiger charge is 2.45. The van der Waals surface area contributed by atoms with E-state index in [1.54, 1.807) is 54.5 Å². The zero-order valence-electron chi connectivity index (χ0n) is 18.3. The first-order valence-corrected chi connectivity index (χ1v) is 10.4. The van der Waals surface area contributed by atoms with Crippen LogP contribution in [0.4, 0.5) is 0 Å². The van der Waals surface area contributed by atoms with Gasteiger partial charge in [-0.2, -0.15) is 4.99 Å². The molecule has 2 amide bonds. The summed E-state index contributed by atoms with van der Waals surface area (Å²) in [5, 5.41) is 12.3. The summed E-state index contributed by atoms with van der Waals surface area (Å²) in [5.41, 5.74) is -0.698. The van der Waals surface area contributed by atoms with Crippen LogP contribution in [0.2, 0.25) is 0 Å². The number of fused-ring (bicyclic) bond motifs is 1. The van der Waals surface area contributed by atoms with E-state index in [4.69, 9.17) is 9.47 Å². The van der Waals surface area contributed by atoms with Crippen LogP contribution in [0.15, 0.2) is 47.6 Å². The number of aliphatic carboxylic acids is 1. The van der Waals surface area contributed by atoms with Gasteiger partial charge in [-0.15, -0.1) is 0 Å². The highest BCUT2D eigenvalue weighted by molar-refractivity contribution is 6.09. The molecule has 0 saturated heterocycles. The molecule has 1 aromatic rings. The van der Waals surface area contributed by atoms with Crippen LogP contribution in [0, 0.1) is 0 Å². The molecule has 0 aromatic heterocycles. The number of carboxylic acids is 1. The molecule has 0 radical (unpaired) electrons. The molecule has 0 bridgehead atoms. The SMILES string of the molecule is CCCOc1ccc(C(CC(=O)O)NC(=O)C2(C)CC(=O)N=C3C=CC=CN32)cc1OC. The Labute approximate surface area is 186 Å². The molecule has 2 unspecified atom stereocenters. The largest absolute Gasteiger partial charge is 0.493 e. The smallest absolute Gasteiger partial charge is 0.305 e. The Bertz CT molecular complexity index is 999. The Morgan fingerprint density at radius 1 is 1.31 bits per heavy atom. The van der Waals surface area contributed by atoms with Crippen LogP contribution in [0.5, 0.6) is 11.5 Å². The Kier molecular flexibility index (Phi) is 6.97. The lowest BCUT2D eigenvalue weighted by atomic mass is 9.90. The molecule has 1 aromatic carbocycles. The number of amidine groups is 1. The highest BCUT2D eigenvalue weighted by atomic mass is 16.5. The van der Waals surface area contributed by atoms with Crippen molar-refractivity contribution in [1.82, 2.24) is 10.2 Å². The van der Waals surface area contributed by atoms with E-state index in [-0.39, 0.29) is 12.8 Å². The second-order valence-electron chi connectivity index (χ2n) is 7.77. The van der Waals surface area contributed by atoms with Crippen molar-refractivity contribution in [3.63, 3.8) is 0 Å². The van der Waals surface area contributed by atoms with Gasteiger partial charge in [0.1, 0.15) is 11.4 Å². The van der Waals surface area contributed by atoms with Crippen molar-refractivity contribution in [2.24, 2.45) is 4.99 Å². The van der Waals surface area contributed by atoms with Crippen molar-refractivity contribution in [2.75, 3.05) is 13.7 Å². The number of carbonyl (C=O) groups excluding carboxylic acids is 2. The van der Waals surface area contributed by atoms with Gasteiger partial charge in [0.05, 0.1) is 32.6 Å². The van der Waals surface area contributed by atoms with E-state index in [9.17, 15) is 19.5 Å². The minimum atomic E-state index is -1.25. The number of benzene rings is 1. The van der Waals surface area contributed by atoms with Gasteiger partial charge in [-0.25, -0.2) is 0 Å². The van der Waals surface area contributed by atoms with Crippen LogP contribution in [0.25, 0.3) is 0 Å². The Balaban J connectivity index is 1.89. The van der Waals surface area contributed by atoms with Gasteiger partial charge in [-0.1, -0.05) is 19.1 Å². The van der Waals surface area contributed by atoms with Gasteiger partial charge in [0, 0.05) is 6.20 Å². The monoisotopic (exact) mass is 441 g/mol. The number of carbonyl (C=O) groups is 3. The summed E-state index contributed by atoms with van der Waals surface area (Å²) in [6.07, 6.45) is 7.16. The summed E-state index contributed by atoms with van der Waals surface area (Å²) in [5.74, 6) is -0.617. The molecular formula is C23H27N3O6. The summed E-state index contributed by atoms with van der Waals surface area (Å²) in [4.78, 5) is 42.8. The van der Waals surface area contributed by atoms with Crippen LogP contribution in [0.1, 0.15) is 44.7 Å². The molecule has 170 valence electrons. The fourth-order valence-corrected chi connectivity index (χ4v) is 3.65. The number of hydrogen-bond acceptors (Lipinski definition) is 6. The van der Waals surface area contributed by atoms with Gasteiger partial charge in [0.2, 0.25) is 5.91 Å². The second kappa shape index (κ2) is 9.67. The number of ether oxygens (including phenoxy) is 2. The molecule has 3 rings (SSSR count). The summed E-state index contributed by atoms with van der Waals surface area (Å²) in [7, 11) is 1.49. The van der Waals surface area contributed by atoms with Crippen molar-refractivity contribution in [3.8, 4) is 11.5 Å². The molecular weight excluding hydrogens is 414 g/mol. The van der Waals surface area contributed by atoms with Crippen LogP contribution < -0.4 is 14.8 Å². The number of allylic oxidation sites excluding steroid dienone is 2. The fourth-order valence-electron chi connectivity index (χ4n) is 3.65. The van der Waals surface area contributed by atoms with Crippen LogP contribution >= 0.6 is 0 Å². The molecule has 0 saturated carbocycles. The molecule has 9 nitrogen and oxygen atoms in total. The molecule has 0 aliphatic carbocycles. The van der Waals surface area contributed by atoms with E-state index in [1.807, 2.05) is 6.92 Å². The third-order valence-electron chi connectivity index (χ3n) is 5.33. The lowest BCUT2D eigenvalue weighted by Gasteiger charge is -2.42. The molecule has 2 N–H and O–H groups in total. The molecule has 2 heterocycles. The molecule has 2 aliphatic rings. The van der Waals surface area contributed by atoms with Gasteiger partial charge in [-0.05, 0) is 43.2 Å². The lowest BCUT2D eigenvalue weighted by molar-refractivity contribution is -0.139. The maximum Gasteiger partial charge on any atom is 0.305 e. The maximum atomic E-state index is 13.4. The minimum absolute atomic E-state index is 0.132. The number of hydrogen-bond donors (Lipinski definition) is 2. The number of nitrogens with zero attached hydrogens (tertiary/aromatic N) is 2. The van der Waals surface area contributed by atoms with E-state index in [0.717, 1.165) is 6.42 Å².